The van der Waals surface area contributed by atoms with Crippen molar-refractivity contribution >= 4 is 36.5 Å². The second kappa shape index (κ2) is 10.7. The lowest BCUT2D eigenvalue weighted by Gasteiger charge is -2.31. The van der Waals surface area contributed by atoms with Gasteiger partial charge in [0.25, 0.3) is 5.91 Å². The number of rotatable bonds is 5. The number of piperidine rings is 1. The van der Waals surface area contributed by atoms with Crippen LogP contribution in [0.2, 0.25) is 0 Å². The fourth-order valence-corrected chi connectivity index (χ4v) is 2.40. The van der Waals surface area contributed by atoms with Crippen molar-refractivity contribution in [2.75, 3.05) is 31.6 Å². The molecule has 2 N–H and O–H groups in total. The van der Waals surface area contributed by atoms with Gasteiger partial charge in [-0.2, -0.15) is 0 Å². The molecule has 0 radical (unpaired) electrons. The molecule has 1 amide bonds. The SMILES string of the molecule is CNC(C)CNC(=O)c1ccc(N2CCC(C)CC2)nc1.Cl.Cl. The Bertz CT molecular complexity index is 462. The van der Waals surface area contributed by atoms with Gasteiger partial charge in [-0.3, -0.25) is 4.79 Å². The van der Waals surface area contributed by atoms with Crippen LogP contribution in [0.25, 0.3) is 0 Å². The molecule has 1 aliphatic rings. The van der Waals surface area contributed by atoms with Crippen molar-refractivity contribution in [3.05, 3.63) is 23.9 Å². The predicted molar refractivity (Wildman–Crippen MR) is 100 cm³/mol. The number of amides is 1. The maximum absolute atomic E-state index is 12.0. The zero-order valence-corrected chi connectivity index (χ0v) is 15.7. The van der Waals surface area contributed by atoms with Gasteiger partial charge in [0.05, 0.1) is 5.56 Å². The predicted octanol–water partition coefficient (Wildman–Crippen LogP) is 2.50. The summed E-state index contributed by atoms with van der Waals surface area (Å²) in [6.07, 6.45) is 4.10. The molecule has 132 valence electrons. The van der Waals surface area contributed by atoms with E-state index in [1.54, 1.807) is 6.20 Å². The van der Waals surface area contributed by atoms with Crippen molar-refractivity contribution in [2.45, 2.75) is 32.7 Å². The molecule has 23 heavy (non-hydrogen) atoms. The average molecular weight is 363 g/mol. The molecule has 1 atom stereocenters. The first kappa shape index (κ1) is 22.0. The molecular weight excluding hydrogens is 335 g/mol. The summed E-state index contributed by atoms with van der Waals surface area (Å²) >= 11 is 0. The smallest absolute Gasteiger partial charge is 0.252 e. The van der Waals surface area contributed by atoms with E-state index in [0.29, 0.717) is 12.1 Å². The van der Waals surface area contributed by atoms with Crippen LogP contribution in [0.5, 0.6) is 0 Å². The van der Waals surface area contributed by atoms with E-state index in [0.717, 1.165) is 24.8 Å². The van der Waals surface area contributed by atoms with E-state index in [1.165, 1.54) is 12.8 Å². The average Bonchev–Trinajstić information content (AvgIpc) is 2.53. The number of halogens is 2. The zero-order chi connectivity index (χ0) is 15.2. The molecule has 1 unspecified atom stereocenters. The van der Waals surface area contributed by atoms with Crippen LogP contribution in [0, 0.1) is 5.92 Å². The highest BCUT2D eigenvalue weighted by Crippen LogP contribution is 2.21. The number of nitrogens with one attached hydrogen (secondary N) is 2. The molecule has 1 aromatic heterocycles. The van der Waals surface area contributed by atoms with E-state index in [4.69, 9.17) is 0 Å². The lowest BCUT2D eigenvalue weighted by molar-refractivity contribution is 0.0950. The third kappa shape index (κ3) is 6.53. The molecule has 0 aromatic carbocycles. The standard InChI is InChI=1S/C16H26N4O.2ClH/c1-12-6-8-20(9-7-12)15-5-4-14(11-18-15)16(21)19-10-13(2)17-3;;/h4-5,11-13,17H,6-10H2,1-3H3,(H,19,21);2*1H. The van der Waals surface area contributed by atoms with Crippen molar-refractivity contribution in [3.63, 3.8) is 0 Å². The van der Waals surface area contributed by atoms with Crippen LogP contribution >= 0.6 is 24.8 Å². The molecule has 2 rings (SSSR count). The van der Waals surface area contributed by atoms with Gasteiger partial charge >= 0.3 is 0 Å². The Morgan fingerprint density at radius 2 is 2.00 bits per heavy atom. The Hall–Kier alpha value is -1.04. The van der Waals surface area contributed by atoms with Gasteiger partial charge < -0.3 is 15.5 Å². The van der Waals surface area contributed by atoms with Crippen molar-refractivity contribution in [2.24, 2.45) is 5.92 Å². The van der Waals surface area contributed by atoms with Crippen LogP contribution in [0.15, 0.2) is 18.3 Å². The van der Waals surface area contributed by atoms with Gasteiger partial charge in [-0.25, -0.2) is 4.98 Å². The highest BCUT2D eigenvalue weighted by molar-refractivity contribution is 5.94. The van der Waals surface area contributed by atoms with Crippen LogP contribution in [-0.4, -0.2) is 43.6 Å². The maximum atomic E-state index is 12.0. The molecule has 1 aromatic rings. The summed E-state index contributed by atoms with van der Waals surface area (Å²) in [5.74, 6) is 1.71. The molecule has 7 heteroatoms. The van der Waals surface area contributed by atoms with Gasteiger partial charge in [0, 0.05) is 31.9 Å². The van der Waals surface area contributed by atoms with E-state index < -0.39 is 0 Å². The van der Waals surface area contributed by atoms with Crippen molar-refractivity contribution in [1.82, 2.24) is 15.6 Å². The van der Waals surface area contributed by atoms with Gasteiger partial charge in [-0.05, 0) is 44.9 Å². The normalized spacial score (nSPS) is 16.0. The number of pyridine rings is 1. The van der Waals surface area contributed by atoms with Crippen LogP contribution in [0.4, 0.5) is 5.82 Å². The fourth-order valence-electron chi connectivity index (χ4n) is 2.40. The molecule has 0 aliphatic carbocycles. The number of hydrogen-bond donors (Lipinski definition) is 2. The monoisotopic (exact) mass is 362 g/mol. The number of anilines is 1. The molecule has 1 saturated heterocycles. The summed E-state index contributed by atoms with van der Waals surface area (Å²) in [6, 6.07) is 4.07. The number of likely N-dealkylation sites (N-methyl/N-ethyl adjacent to an activating group) is 1. The van der Waals surface area contributed by atoms with E-state index in [2.05, 4.69) is 27.4 Å². The largest absolute Gasteiger partial charge is 0.357 e. The van der Waals surface area contributed by atoms with Crippen molar-refractivity contribution in [1.29, 1.82) is 0 Å². The lowest BCUT2D eigenvalue weighted by Crippen LogP contribution is -2.37. The second-order valence-electron chi connectivity index (χ2n) is 5.97. The number of aromatic nitrogens is 1. The van der Waals surface area contributed by atoms with E-state index in [1.807, 2.05) is 26.1 Å². The quantitative estimate of drug-likeness (QED) is 0.844. The molecule has 1 aliphatic heterocycles. The number of nitrogens with zero attached hydrogens (tertiary/aromatic N) is 2. The summed E-state index contributed by atoms with van der Waals surface area (Å²) in [7, 11) is 1.88. The topological polar surface area (TPSA) is 57.3 Å². The summed E-state index contributed by atoms with van der Waals surface area (Å²) in [6.45, 7) is 7.04. The number of carbonyl (C=O) groups is 1. The Labute approximate surface area is 151 Å². The minimum Gasteiger partial charge on any atom is -0.357 e. The van der Waals surface area contributed by atoms with Gasteiger partial charge in [0.2, 0.25) is 0 Å². The highest BCUT2D eigenvalue weighted by atomic mass is 35.5. The summed E-state index contributed by atoms with van der Waals surface area (Å²) < 4.78 is 0. The Morgan fingerprint density at radius 3 is 2.52 bits per heavy atom. The van der Waals surface area contributed by atoms with Crippen molar-refractivity contribution in [3.8, 4) is 0 Å². The van der Waals surface area contributed by atoms with Gasteiger partial charge in [0.1, 0.15) is 5.82 Å². The second-order valence-corrected chi connectivity index (χ2v) is 5.97. The molecule has 0 spiro atoms. The molecule has 0 bridgehead atoms. The van der Waals surface area contributed by atoms with Gasteiger partial charge in [-0.1, -0.05) is 6.92 Å². The van der Waals surface area contributed by atoms with Crippen LogP contribution in [0.3, 0.4) is 0 Å². The van der Waals surface area contributed by atoms with Gasteiger partial charge in [-0.15, -0.1) is 24.8 Å². The van der Waals surface area contributed by atoms with Crippen LogP contribution in [0.1, 0.15) is 37.0 Å². The van der Waals surface area contributed by atoms with Crippen LogP contribution in [-0.2, 0) is 0 Å². The number of hydrogen-bond acceptors (Lipinski definition) is 4. The first-order valence-electron chi connectivity index (χ1n) is 7.76. The summed E-state index contributed by atoms with van der Waals surface area (Å²) in [5, 5.41) is 5.99. The zero-order valence-electron chi connectivity index (χ0n) is 14.0. The Balaban J connectivity index is 0.00000242. The highest BCUT2D eigenvalue weighted by Gasteiger charge is 2.17. The minimum atomic E-state index is -0.0663. The maximum Gasteiger partial charge on any atom is 0.252 e. The third-order valence-corrected chi connectivity index (χ3v) is 4.18. The molecular formula is C16H28Cl2N4O. The first-order chi connectivity index (χ1) is 10.1. The van der Waals surface area contributed by atoms with E-state index >= 15 is 0 Å². The molecule has 0 saturated carbocycles. The number of carbonyl (C=O) groups excluding carboxylic acids is 1. The first-order valence-corrected chi connectivity index (χ1v) is 7.76. The third-order valence-electron chi connectivity index (χ3n) is 4.18. The van der Waals surface area contributed by atoms with Gasteiger partial charge in [0.15, 0.2) is 0 Å². The van der Waals surface area contributed by atoms with E-state index in [9.17, 15) is 4.79 Å². The Morgan fingerprint density at radius 1 is 1.35 bits per heavy atom. The van der Waals surface area contributed by atoms with Crippen LogP contribution < -0.4 is 15.5 Å². The Kier molecular flexibility index (Phi) is 10.2. The minimum absolute atomic E-state index is 0. The fraction of sp³-hybridized carbons (Fsp3) is 0.625. The molecule has 2 heterocycles. The summed E-state index contributed by atoms with van der Waals surface area (Å²) in [4.78, 5) is 18.7. The van der Waals surface area contributed by atoms with Crippen molar-refractivity contribution < 1.29 is 4.79 Å². The molecule has 1 fully saturated rings. The van der Waals surface area contributed by atoms with E-state index in [-0.39, 0.29) is 36.8 Å². The molecule has 5 nitrogen and oxygen atoms in total. The lowest BCUT2D eigenvalue weighted by atomic mass is 9.99. The summed E-state index contributed by atoms with van der Waals surface area (Å²) in [5.41, 5.74) is 0.618.